The van der Waals surface area contributed by atoms with Gasteiger partial charge in [0.05, 0.1) is 4.90 Å². The first kappa shape index (κ1) is 16.2. The number of benzene rings is 1. The van der Waals surface area contributed by atoms with Gasteiger partial charge in [-0.1, -0.05) is 31.0 Å². The maximum atomic E-state index is 12.7. The number of sulfonamides is 1. The van der Waals surface area contributed by atoms with Gasteiger partial charge in [-0.25, -0.2) is 8.42 Å². The molecule has 0 heterocycles. The zero-order valence-electron chi connectivity index (χ0n) is 12.6. The smallest absolute Gasteiger partial charge is 0.207 e. The summed E-state index contributed by atoms with van der Waals surface area (Å²) in [6.07, 6.45) is 1.86. The molecule has 1 rings (SSSR count). The molecule has 0 saturated heterocycles. The first-order valence-corrected chi connectivity index (χ1v) is 8.35. The Balaban J connectivity index is 3.16. The highest BCUT2D eigenvalue weighted by atomic mass is 32.2. The number of aryl methyl sites for hydroxylation is 1. The van der Waals surface area contributed by atoms with Crippen LogP contribution in [-0.4, -0.2) is 24.8 Å². The molecular formula is C15H25NO2S. The molecule has 0 aliphatic rings. The molecule has 0 saturated carbocycles. The monoisotopic (exact) mass is 283 g/mol. The average Bonchev–Trinajstić information content (AvgIpc) is 2.28. The molecular weight excluding hydrogens is 258 g/mol. The van der Waals surface area contributed by atoms with E-state index < -0.39 is 10.0 Å². The minimum Gasteiger partial charge on any atom is -0.207 e. The fourth-order valence-electron chi connectivity index (χ4n) is 2.40. The van der Waals surface area contributed by atoms with E-state index in [1.807, 2.05) is 39.8 Å². The molecule has 1 aromatic rings. The van der Waals surface area contributed by atoms with Crippen LogP contribution < -0.4 is 0 Å². The maximum absolute atomic E-state index is 12.7. The Labute approximate surface area is 117 Å². The van der Waals surface area contributed by atoms with Crippen molar-refractivity contribution in [3.05, 3.63) is 29.8 Å². The van der Waals surface area contributed by atoms with Crippen molar-refractivity contribution < 1.29 is 8.42 Å². The van der Waals surface area contributed by atoms with E-state index in [9.17, 15) is 8.42 Å². The Morgan fingerprint density at radius 1 is 1.11 bits per heavy atom. The highest BCUT2D eigenvalue weighted by Gasteiger charge is 2.30. The molecule has 0 amide bonds. The van der Waals surface area contributed by atoms with Crippen LogP contribution in [0.15, 0.2) is 29.2 Å². The fraction of sp³-hybridized carbons (Fsp3) is 0.600. The van der Waals surface area contributed by atoms with Crippen molar-refractivity contribution >= 4 is 10.0 Å². The molecule has 0 aliphatic carbocycles. The minimum absolute atomic E-state index is 0.0244. The van der Waals surface area contributed by atoms with Crippen LogP contribution in [0.2, 0.25) is 0 Å². The summed E-state index contributed by atoms with van der Waals surface area (Å²) in [6.45, 7) is 9.87. The Kier molecular flexibility index (Phi) is 5.56. The molecule has 108 valence electrons. The molecule has 0 spiro atoms. The lowest BCUT2D eigenvalue weighted by atomic mass is 10.2. The number of hydrogen-bond donors (Lipinski definition) is 0. The molecule has 0 N–H and O–H groups in total. The summed E-state index contributed by atoms with van der Waals surface area (Å²) in [7, 11) is -3.41. The van der Waals surface area contributed by atoms with Crippen molar-refractivity contribution in [2.24, 2.45) is 0 Å². The van der Waals surface area contributed by atoms with Gasteiger partial charge in [0.15, 0.2) is 0 Å². The van der Waals surface area contributed by atoms with Crippen LogP contribution in [0, 0.1) is 6.92 Å². The third-order valence-electron chi connectivity index (χ3n) is 3.25. The zero-order valence-corrected chi connectivity index (χ0v) is 13.4. The largest absolute Gasteiger partial charge is 0.243 e. The number of nitrogens with zero attached hydrogens (tertiary/aromatic N) is 1. The van der Waals surface area contributed by atoms with Crippen LogP contribution >= 0.6 is 0 Å². The summed E-state index contributed by atoms with van der Waals surface area (Å²) < 4.78 is 27.1. The van der Waals surface area contributed by atoms with E-state index in [1.165, 1.54) is 0 Å². The van der Waals surface area contributed by atoms with Gasteiger partial charge in [0.25, 0.3) is 0 Å². The minimum atomic E-state index is -3.41. The molecule has 4 heteroatoms. The highest BCUT2D eigenvalue weighted by Crippen LogP contribution is 2.23. The van der Waals surface area contributed by atoms with Gasteiger partial charge < -0.3 is 0 Å². The molecule has 19 heavy (non-hydrogen) atoms. The van der Waals surface area contributed by atoms with Crippen molar-refractivity contribution in [3.63, 3.8) is 0 Å². The standard InChI is InChI=1S/C15H25NO2S/c1-6-7-14(5)16(12(2)3)19(17,18)15-10-8-13(4)9-11-15/h8-12,14H,6-7H2,1-5H3. The van der Waals surface area contributed by atoms with E-state index >= 15 is 0 Å². The van der Waals surface area contributed by atoms with Gasteiger partial charge in [-0.15, -0.1) is 0 Å². The van der Waals surface area contributed by atoms with Gasteiger partial charge in [-0.3, -0.25) is 0 Å². The Bertz CT molecular complexity index is 491. The first-order chi connectivity index (χ1) is 8.80. The molecule has 3 nitrogen and oxygen atoms in total. The van der Waals surface area contributed by atoms with E-state index in [0.29, 0.717) is 4.90 Å². The normalized spacial score (nSPS) is 14.1. The van der Waals surface area contributed by atoms with Crippen molar-refractivity contribution in [1.82, 2.24) is 4.31 Å². The lowest BCUT2D eigenvalue weighted by Gasteiger charge is -2.31. The maximum Gasteiger partial charge on any atom is 0.243 e. The van der Waals surface area contributed by atoms with Gasteiger partial charge in [0.1, 0.15) is 0 Å². The quantitative estimate of drug-likeness (QED) is 0.800. The second-order valence-corrected chi connectivity index (χ2v) is 7.22. The van der Waals surface area contributed by atoms with Crippen molar-refractivity contribution in [2.75, 3.05) is 0 Å². The van der Waals surface area contributed by atoms with Gasteiger partial charge in [-0.2, -0.15) is 4.31 Å². The third-order valence-corrected chi connectivity index (χ3v) is 5.45. The summed E-state index contributed by atoms with van der Waals surface area (Å²) >= 11 is 0. The van der Waals surface area contributed by atoms with Crippen LogP contribution in [-0.2, 0) is 10.0 Å². The van der Waals surface area contributed by atoms with E-state index in [2.05, 4.69) is 6.92 Å². The number of rotatable bonds is 6. The Morgan fingerprint density at radius 3 is 2.05 bits per heavy atom. The third kappa shape index (κ3) is 3.80. The van der Waals surface area contributed by atoms with Crippen molar-refractivity contribution in [3.8, 4) is 0 Å². The van der Waals surface area contributed by atoms with E-state index in [-0.39, 0.29) is 12.1 Å². The summed E-state index contributed by atoms with van der Waals surface area (Å²) in [6, 6.07) is 7.06. The molecule has 1 unspecified atom stereocenters. The van der Waals surface area contributed by atoms with E-state index in [4.69, 9.17) is 0 Å². The molecule has 0 bridgehead atoms. The fourth-order valence-corrected chi connectivity index (χ4v) is 4.26. The number of hydrogen-bond acceptors (Lipinski definition) is 2. The average molecular weight is 283 g/mol. The summed E-state index contributed by atoms with van der Waals surface area (Å²) in [5.41, 5.74) is 1.07. The van der Waals surface area contributed by atoms with E-state index in [0.717, 1.165) is 18.4 Å². The molecule has 0 fully saturated rings. The summed E-state index contributed by atoms with van der Waals surface area (Å²) in [5, 5.41) is 0. The predicted molar refractivity (Wildman–Crippen MR) is 79.7 cm³/mol. The molecule has 0 aromatic heterocycles. The van der Waals surface area contributed by atoms with Crippen molar-refractivity contribution in [1.29, 1.82) is 0 Å². The molecule has 1 atom stereocenters. The van der Waals surface area contributed by atoms with Crippen LogP contribution in [0.5, 0.6) is 0 Å². The van der Waals surface area contributed by atoms with Crippen molar-refractivity contribution in [2.45, 2.75) is 64.4 Å². The van der Waals surface area contributed by atoms with Gasteiger partial charge in [-0.05, 0) is 46.2 Å². The highest BCUT2D eigenvalue weighted by molar-refractivity contribution is 7.89. The van der Waals surface area contributed by atoms with Gasteiger partial charge in [0, 0.05) is 12.1 Å². The second-order valence-electron chi connectivity index (χ2n) is 5.38. The summed E-state index contributed by atoms with van der Waals surface area (Å²) in [5.74, 6) is 0. The van der Waals surface area contributed by atoms with Gasteiger partial charge >= 0.3 is 0 Å². The predicted octanol–water partition coefficient (Wildman–Crippen LogP) is 3.58. The second kappa shape index (κ2) is 6.53. The molecule has 0 aliphatic heterocycles. The van der Waals surface area contributed by atoms with Crippen LogP contribution in [0.25, 0.3) is 0 Å². The molecule has 1 aromatic carbocycles. The van der Waals surface area contributed by atoms with Crippen LogP contribution in [0.3, 0.4) is 0 Å². The van der Waals surface area contributed by atoms with Crippen LogP contribution in [0.1, 0.15) is 46.1 Å². The Morgan fingerprint density at radius 2 is 1.63 bits per heavy atom. The topological polar surface area (TPSA) is 37.4 Å². The SMILES string of the molecule is CCCC(C)N(C(C)C)S(=O)(=O)c1ccc(C)cc1. The van der Waals surface area contributed by atoms with Crippen LogP contribution in [0.4, 0.5) is 0 Å². The summed E-state index contributed by atoms with van der Waals surface area (Å²) in [4.78, 5) is 0.384. The lowest BCUT2D eigenvalue weighted by molar-refractivity contribution is 0.274. The lowest BCUT2D eigenvalue weighted by Crippen LogP contribution is -2.43. The first-order valence-electron chi connectivity index (χ1n) is 6.91. The molecule has 0 radical (unpaired) electrons. The van der Waals surface area contributed by atoms with E-state index in [1.54, 1.807) is 16.4 Å². The van der Waals surface area contributed by atoms with Gasteiger partial charge in [0.2, 0.25) is 10.0 Å². The Hall–Kier alpha value is -0.870. The zero-order chi connectivity index (χ0) is 14.6.